The van der Waals surface area contributed by atoms with Gasteiger partial charge in [-0.2, -0.15) is 0 Å². The van der Waals surface area contributed by atoms with Crippen LogP contribution in [0.3, 0.4) is 0 Å². The van der Waals surface area contributed by atoms with Crippen molar-refractivity contribution in [2.45, 2.75) is 6.54 Å². The molecule has 0 unspecified atom stereocenters. The van der Waals surface area contributed by atoms with Gasteiger partial charge in [-0.15, -0.1) is 0 Å². The molecule has 1 amide bonds. The molecule has 0 aliphatic carbocycles. The van der Waals surface area contributed by atoms with Crippen molar-refractivity contribution < 1.29 is 9.53 Å². The normalized spacial score (nSPS) is 14.8. The number of thiazole rings is 1. The molecule has 3 aromatic rings. The zero-order valence-electron chi connectivity index (χ0n) is 15.2. The van der Waals surface area contributed by atoms with Crippen molar-refractivity contribution in [1.29, 1.82) is 0 Å². The Hall–Kier alpha value is -2.06. The van der Waals surface area contributed by atoms with Crippen LogP contribution in [0, 0.1) is 0 Å². The maximum absolute atomic E-state index is 12.6. The number of hydrogen-bond acceptors (Lipinski definition) is 5. The third-order valence-corrected chi connectivity index (χ3v) is 6.03. The van der Waals surface area contributed by atoms with Gasteiger partial charge in [-0.05, 0) is 24.3 Å². The Morgan fingerprint density at radius 1 is 1.11 bits per heavy atom. The van der Waals surface area contributed by atoms with Gasteiger partial charge in [0.15, 0.2) is 5.13 Å². The van der Waals surface area contributed by atoms with Crippen LogP contribution in [-0.2, 0) is 11.3 Å². The second kappa shape index (κ2) is 8.96. The highest BCUT2D eigenvalue weighted by Crippen LogP contribution is 2.32. The van der Waals surface area contributed by atoms with E-state index in [0.717, 1.165) is 53.5 Å². The Morgan fingerprint density at radius 3 is 2.54 bits per heavy atom. The number of nitrogens with zero attached hydrogens (tertiary/aromatic N) is 2. The van der Waals surface area contributed by atoms with E-state index in [9.17, 15) is 4.79 Å². The van der Waals surface area contributed by atoms with Gasteiger partial charge in [-0.1, -0.05) is 57.6 Å². The average Bonchev–Trinajstić information content (AvgIpc) is 3.12. The van der Waals surface area contributed by atoms with Crippen LogP contribution in [0.1, 0.15) is 15.2 Å². The van der Waals surface area contributed by atoms with Gasteiger partial charge >= 0.3 is 0 Å². The molecule has 0 bridgehead atoms. The van der Waals surface area contributed by atoms with Crippen LogP contribution in [0.15, 0.2) is 59.1 Å². The first-order chi connectivity index (χ1) is 13.7. The Morgan fingerprint density at radius 2 is 1.82 bits per heavy atom. The number of hydrogen-bond donors (Lipinski definition) is 1. The minimum absolute atomic E-state index is 0.154. The molecular formula is C21H20BrN3O2S. The average molecular weight is 458 g/mol. The van der Waals surface area contributed by atoms with Crippen LogP contribution in [0.4, 0.5) is 5.13 Å². The molecular weight excluding hydrogens is 438 g/mol. The first-order valence-electron chi connectivity index (χ1n) is 9.11. The van der Waals surface area contributed by atoms with Crippen molar-refractivity contribution >= 4 is 38.3 Å². The molecule has 0 radical (unpaired) electrons. The SMILES string of the molecule is O=C(Nc1nc(-c2ccccc2)c(CN2CCOCC2)s1)c1ccc(Br)cc1. The summed E-state index contributed by atoms with van der Waals surface area (Å²) in [5.74, 6) is -0.154. The molecule has 28 heavy (non-hydrogen) atoms. The number of carbonyl (C=O) groups excluding carboxylic acids is 1. The van der Waals surface area contributed by atoms with E-state index in [4.69, 9.17) is 9.72 Å². The standard InChI is InChI=1S/C21H20BrN3O2S/c22-17-8-6-16(7-9-17)20(26)24-21-23-19(15-4-2-1-3-5-15)18(28-21)14-25-10-12-27-13-11-25/h1-9H,10-14H2,(H,23,24,26). The van der Waals surface area contributed by atoms with E-state index in [-0.39, 0.29) is 5.91 Å². The van der Waals surface area contributed by atoms with Gasteiger partial charge < -0.3 is 4.74 Å². The number of amides is 1. The Labute approximate surface area is 176 Å². The highest BCUT2D eigenvalue weighted by atomic mass is 79.9. The van der Waals surface area contributed by atoms with E-state index in [1.807, 2.05) is 30.3 Å². The number of benzene rings is 2. The summed E-state index contributed by atoms with van der Waals surface area (Å²) in [5, 5.41) is 3.58. The van der Waals surface area contributed by atoms with Gasteiger partial charge in [0.1, 0.15) is 0 Å². The van der Waals surface area contributed by atoms with Crippen molar-refractivity contribution in [1.82, 2.24) is 9.88 Å². The van der Waals surface area contributed by atoms with E-state index in [1.54, 1.807) is 12.1 Å². The minimum atomic E-state index is -0.154. The summed E-state index contributed by atoms with van der Waals surface area (Å²) >= 11 is 4.93. The smallest absolute Gasteiger partial charge is 0.257 e. The fourth-order valence-corrected chi connectivity index (χ4v) is 4.35. The van der Waals surface area contributed by atoms with Crippen molar-refractivity contribution in [2.75, 3.05) is 31.6 Å². The Balaban J connectivity index is 1.58. The fourth-order valence-electron chi connectivity index (χ4n) is 3.07. The minimum Gasteiger partial charge on any atom is -0.379 e. The molecule has 5 nitrogen and oxygen atoms in total. The van der Waals surface area contributed by atoms with Crippen LogP contribution in [0.2, 0.25) is 0 Å². The molecule has 2 heterocycles. The molecule has 7 heteroatoms. The highest BCUT2D eigenvalue weighted by Gasteiger charge is 2.19. The number of morpholine rings is 1. The number of aromatic nitrogens is 1. The quantitative estimate of drug-likeness (QED) is 0.605. The summed E-state index contributed by atoms with van der Waals surface area (Å²) < 4.78 is 6.40. The van der Waals surface area contributed by atoms with Crippen LogP contribution in [0.25, 0.3) is 11.3 Å². The lowest BCUT2D eigenvalue weighted by atomic mass is 10.1. The molecule has 0 saturated carbocycles. The van der Waals surface area contributed by atoms with Gasteiger partial charge in [0.2, 0.25) is 0 Å². The van der Waals surface area contributed by atoms with Gasteiger partial charge in [-0.25, -0.2) is 4.98 Å². The van der Waals surface area contributed by atoms with E-state index < -0.39 is 0 Å². The van der Waals surface area contributed by atoms with Crippen molar-refractivity contribution in [3.63, 3.8) is 0 Å². The largest absolute Gasteiger partial charge is 0.379 e. The number of rotatable bonds is 5. The maximum atomic E-state index is 12.6. The van der Waals surface area contributed by atoms with Gasteiger partial charge in [-0.3, -0.25) is 15.0 Å². The molecule has 1 aliphatic rings. The van der Waals surface area contributed by atoms with E-state index in [0.29, 0.717) is 10.7 Å². The number of nitrogens with one attached hydrogen (secondary N) is 1. The molecule has 1 N–H and O–H groups in total. The van der Waals surface area contributed by atoms with Crippen molar-refractivity contribution in [3.8, 4) is 11.3 Å². The third-order valence-electron chi connectivity index (χ3n) is 4.54. The number of halogens is 1. The summed E-state index contributed by atoms with van der Waals surface area (Å²) in [4.78, 5) is 20.9. The predicted octanol–water partition coefficient (Wildman–Crippen LogP) is 4.66. The topological polar surface area (TPSA) is 54.5 Å². The van der Waals surface area contributed by atoms with Gasteiger partial charge in [0.25, 0.3) is 5.91 Å². The van der Waals surface area contributed by atoms with E-state index in [1.165, 1.54) is 11.3 Å². The Bertz CT molecular complexity index is 938. The molecule has 1 saturated heterocycles. The molecule has 0 atom stereocenters. The molecule has 1 aliphatic heterocycles. The molecule has 144 valence electrons. The lowest BCUT2D eigenvalue weighted by Crippen LogP contribution is -2.35. The van der Waals surface area contributed by atoms with Crippen LogP contribution in [-0.4, -0.2) is 42.1 Å². The summed E-state index contributed by atoms with van der Waals surface area (Å²) in [5.41, 5.74) is 2.60. The van der Waals surface area contributed by atoms with Crippen molar-refractivity contribution in [2.24, 2.45) is 0 Å². The molecule has 1 aromatic heterocycles. The second-order valence-corrected chi connectivity index (χ2v) is 8.51. The zero-order valence-corrected chi connectivity index (χ0v) is 17.6. The summed E-state index contributed by atoms with van der Waals surface area (Å²) in [7, 11) is 0. The maximum Gasteiger partial charge on any atom is 0.257 e. The summed E-state index contributed by atoms with van der Waals surface area (Å²) in [6.07, 6.45) is 0. The number of carbonyl (C=O) groups is 1. The zero-order chi connectivity index (χ0) is 19.3. The van der Waals surface area contributed by atoms with Gasteiger partial charge in [0.05, 0.1) is 18.9 Å². The molecule has 2 aromatic carbocycles. The molecule has 4 rings (SSSR count). The van der Waals surface area contributed by atoms with E-state index >= 15 is 0 Å². The fraction of sp³-hybridized carbons (Fsp3) is 0.238. The predicted molar refractivity (Wildman–Crippen MR) is 116 cm³/mol. The summed E-state index contributed by atoms with van der Waals surface area (Å²) in [6.45, 7) is 4.14. The van der Waals surface area contributed by atoms with Crippen LogP contribution >= 0.6 is 27.3 Å². The third kappa shape index (κ3) is 4.67. The molecule has 1 fully saturated rings. The van der Waals surface area contributed by atoms with Crippen LogP contribution < -0.4 is 5.32 Å². The van der Waals surface area contributed by atoms with Gasteiger partial charge in [0, 0.05) is 40.1 Å². The summed E-state index contributed by atoms with van der Waals surface area (Å²) in [6, 6.07) is 17.4. The number of anilines is 1. The monoisotopic (exact) mass is 457 g/mol. The van der Waals surface area contributed by atoms with E-state index in [2.05, 4.69) is 38.3 Å². The number of ether oxygens (including phenoxy) is 1. The second-order valence-electron chi connectivity index (χ2n) is 6.51. The van der Waals surface area contributed by atoms with Crippen LogP contribution in [0.5, 0.6) is 0 Å². The first-order valence-corrected chi connectivity index (χ1v) is 10.7. The lowest BCUT2D eigenvalue weighted by molar-refractivity contribution is 0.0347. The lowest BCUT2D eigenvalue weighted by Gasteiger charge is -2.26. The molecule has 0 spiro atoms. The Kier molecular flexibility index (Phi) is 6.17. The van der Waals surface area contributed by atoms with Crippen molar-refractivity contribution in [3.05, 3.63) is 69.5 Å². The first kappa shape index (κ1) is 19.3. The highest BCUT2D eigenvalue weighted by molar-refractivity contribution is 9.10.